The van der Waals surface area contributed by atoms with Gasteiger partial charge in [-0.3, -0.25) is 9.52 Å². The maximum Gasteiger partial charge on any atom is 0.271 e. The van der Waals surface area contributed by atoms with E-state index in [1.165, 1.54) is 29.2 Å². The molecule has 0 saturated carbocycles. The first kappa shape index (κ1) is 19.9. The normalized spacial score (nSPS) is 11.2. The van der Waals surface area contributed by atoms with Crippen LogP contribution in [0.15, 0.2) is 64.2 Å². The van der Waals surface area contributed by atoms with Gasteiger partial charge in [0.1, 0.15) is 9.96 Å². The van der Waals surface area contributed by atoms with Gasteiger partial charge in [0.05, 0.1) is 11.3 Å². The van der Waals surface area contributed by atoms with E-state index in [9.17, 15) is 18.3 Å². The zero-order valence-electron chi connectivity index (χ0n) is 15.4. The van der Waals surface area contributed by atoms with Crippen molar-refractivity contribution in [2.75, 3.05) is 11.8 Å². The molecule has 6 nitrogen and oxygen atoms in total. The van der Waals surface area contributed by atoms with Gasteiger partial charge in [0, 0.05) is 19.7 Å². The zero-order chi connectivity index (χ0) is 20.3. The number of anilines is 1. The number of nitrogens with zero attached hydrogens (tertiary/aromatic N) is 1. The van der Waals surface area contributed by atoms with Crippen LogP contribution >= 0.6 is 11.3 Å². The minimum absolute atomic E-state index is 0.107. The maximum absolute atomic E-state index is 12.7. The Morgan fingerprint density at radius 3 is 2.54 bits per heavy atom. The second kappa shape index (κ2) is 8.04. The van der Waals surface area contributed by atoms with Gasteiger partial charge in [-0.15, -0.1) is 11.3 Å². The number of amides is 1. The molecular weight excluding hydrogens is 396 g/mol. The van der Waals surface area contributed by atoms with E-state index in [0.717, 1.165) is 22.5 Å². The molecule has 0 atom stereocenters. The fourth-order valence-electron chi connectivity index (χ4n) is 2.72. The number of hydrogen-bond donors (Lipinski definition) is 2. The van der Waals surface area contributed by atoms with Gasteiger partial charge in [-0.05, 0) is 41.6 Å². The SMILES string of the molecule is Cc1ccccc1CN(C)C(=O)c1ccc(NS(=O)(=O)c2cccs2)cc1O. The molecule has 0 unspecified atom stereocenters. The third-order valence-corrected chi connectivity index (χ3v) is 7.03. The minimum Gasteiger partial charge on any atom is -0.507 e. The van der Waals surface area contributed by atoms with E-state index >= 15 is 0 Å². The van der Waals surface area contributed by atoms with E-state index in [1.807, 2.05) is 31.2 Å². The van der Waals surface area contributed by atoms with E-state index in [0.29, 0.717) is 6.54 Å². The molecule has 146 valence electrons. The quantitative estimate of drug-likeness (QED) is 0.639. The Hall–Kier alpha value is -2.84. The molecule has 0 saturated heterocycles. The Morgan fingerprint density at radius 1 is 1.14 bits per heavy atom. The number of nitrogens with one attached hydrogen (secondary N) is 1. The van der Waals surface area contributed by atoms with Gasteiger partial charge < -0.3 is 10.0 Å². The van der Waals surface area contributed by atoms with Gasteiger partial charge in [-0.25, -0.2) is 8.42 Å². The lowest BCUT2D eigenvalue weighted by molar-refractivity contribution is 0.0782. The number of rotatable bonds is 6. The van der Waals surface area contributed by atoms with E-state index in [1.54, 1.807) is 18.5 Å². The molecule has 3 rings (SSSR count). The highest BCUT2D eigenvalue weighted by Crippen LogP contribution is 2.26. The van der Waals surface area contributed by atoms with Gasteiger partial charge in [0.15, 0.2) is 0 Å². The summed E-state index contributed by atoms with van der Waals surface area (Å²) in [6.45, 7) is 2.37. The number of hydrogen-bond acceptors (Lipinski definition) is 5. The third kappa shape index (κ3) is 4.35. The molecule has 0 fully saturated rings. The predicted octanol–water partition coefficient (Wildman–Crippen LogP) is 3.84. The summed E-state index contributed by atoms with van der Waals surface area (Å²) >= 11 is 1.09. The molecule has 1 heterocycles. The molecule has 3 aromatic rings. The lowest BCUT2D eigenvalue weighted by Gasteiger charge is -2.19. The van der Waals surface area contributed by atoms with Crippen molar-refractivity contribution >= 4 is 33.0 Å². The van der Waals surface area contributed by atoms with E-state index < -0.39 is 10.0 Å². The number of carbonyl (C=O) groups is 1. The molecule has 2 N–H and O–H groups in total. The van der Waals surface area contributed by atoms with Gasteiger partial charge in [-0.1, -0.05) is 30.3 Å². The fourth-order valence-corrected chi connectivity index (χ4v) is 4.76. The molecule has 2 aromatic carbocycles. The first-order chi connectivity index (χ1) is 13.3. The Morgan fingerprint density at radius 2 is 1.89 bits per heavy atom. The largest absolute Gasteiger partial charge is 0.507 e. The van der Waals surface area contributed by atoms with Crippen LogP contribution in [0.2, 0.25) is 0 Å². The first-order valence-electron chi connectivity index (χ1n) is 8.47. The molecule has 0 radical (unpaired) electrons. The van der Waals surface area contributed by atoms with Crippen molar-refractivity contribution in [3.8, 4) is 5.75 Å². The standard InChI is InChI=1S/C20H20N2O4S2/c1-14-6-3-4-7-15(14)13-22(2)20(24)17-10-9-16(12-18(17)23)21-28(25,26)19-8-5-11-27-19/h3-12,21,23H,13H2,1-2H3. The first-order valence-corrected chi connectivity index (χ1v) is 10.8. The molecule has 1 amide bonds. The summed E-state index contributed by atoms with van der Waals surface area (Å²) in [7, 11) is -2.07. The van der Waals surface area contributed by atoms with Crippen LogP contribution in [0.5, 0.6) is 5.75 Å². The van der Waals surface area contributed by atoms with Crippen LogP contribution in [0.4, 0.5) is 5.69 Å². The van der Waals surface area contributed by atoms with E-state index in [2.05, 4.69) is 4.72 Å². The highest BCUT2D eigenvalue weighted by atomic mass is 32.2. The average Bonchev–Trinajstić information content (AvgIpc) is 3.18. The van der Waals surface area contributed by atoms with E-state index in [-0.39, 0.29) is 27.1 Å². The lowest BCUT2D eigenvalue weighted by atomic mass is 10.1. The third-order valence-electron chi connectivity index (χ3n) is 4.26. The number of aromatic hydroxyl groups is 1. The summed E-state index contributed by atoms with van der Waals surface area (Å²) in [5.74, 6) is -0.638. The number of carbonyl (C=O) groups excluding carboxylic acids is 1. The molecule has 0 aliphatic rings. The molecule has 0 aliphatic carbocycles. The Kier molecular flexibility index (Phi) is 5.71. The van der Waals surface area contributed by atoms with Crippen LogP contribution in [0.25, 0.3) is 0 Å². The Balaban J connectivity index is 1.76. The van der Waals surface area contributed by atoms with Gasteiger partial charge in [-0.2, -0.15) is 0 Å². The number of thiophene rings is 1. The Bertz CT molecular complexity index is 1090. The summed E-state index contributed by atoms with van der Waals surface area (Å²) < 4.78 is 27.1. The number of aryl methyl sites for hydroxylation is 1. The lowest BCUT2D eigenvalue weighted by Crippen LogP contribution is -2.26. The summed E-state index contributed by atoms with van der Waals surface area (Å²) in [6, 6.07) is 15.0. The summed E-state index contributed by atoms with van der Waals surface area (Å²) in [6.07, 6.45) is 0. The van der Waals surface area contributed by atoms with Crippen molar-refractivity contribution in [1.82, 2.24) is 4.90 Å². The molecule has 0 spiro atoms. The highest BCUT2D eigenvalue weighted by molar-refractivity contribution is 7.94. The minimum atomic E-state index is -3.72. The van der Waals surface area contributed by atoms with Crippen LogP contribution in [0.3, 0.4) is 0 Å². The smallest absolute Gasteiger partial charge is 0.271 e. The van der Waals surface area contributed by atoms with Crippen molar-refractivity contribution in [1.29, 1.82) is 0 Å². The van der Waals surface area contributed by atoms with Gasteiger partial charge in [0.25, 0.3) is 15.9 Å². The van der Waals surface area contributed by atoms with E-state index in [4.69, 9.17) is 0 Å². The molecule has 28 heavy (non-hydrogen) atoms. The Labute approximate surface area is 168 Å². The highest BCUT2D eigenvalue weighted by Gasteiger charge is 2.19. The van der Waals surface area contributed by atoms with Crippen LogP contribution in [-0.2, 0) is 16.6 Å². The second-order valence-electron chi connectivity index (χ2n) is 6.36. The monoisotopic (exact) mass is 416 g/mol. The summed E-state index contributed by atoms with van der Waals surface area (Å²) in [4.78, 5) is 14.2. The predicted molar refractivity (Wildman–Crippen MR) is 110 cm³/mol. The summed E-state index contributed by atoms with van der Waals surface area (Å²) in [5.41, 5.74) is 2.38. The molecule has 8 heteroatoms. The maximum atomic E-state index is 12.7. The van der Waals surface area contributed by atoms with Gasteiger partial charge >= 0.3 is 0 Å². The van der Waals surface area contributed by atoms with Crippen LogP contribution < -0.4 is 4.72 Å². The average molecular weight is 417 g/mol. The van der Waals surface area contributed by atoms with Crippen molar-refractivity contribution in [2.24, 2.45) is 0 Å². The number of phenols is 1. The van der Waals surface area contributed by atoms with Crippen molar-refractivity contribution in [3.63, 3.8) is 0 Å². The summed E-state index contributed by atoms with van der Waals surface area (Å²) in [5, 5.41) is 11.9. The van der Waals surface area contributed by atoms with Crippen LogP contribution in [-0.4, -0.2) is 31.4 Å². The number of phenolic OH excluding ortho intramolecular Hbond substituents is 1. The molecule has 0 bridgehead atoms. The van der Waals surface area contributed by atoms with Crippen molar-refractivity contribution in [2.45, 2.75) is 17.7 Å². The molecular formula is C20H20N2O4S2. The van der Waals surface area contributed by atoms with Crippen LogP contribution in [0.1, 0.15) is 21.5 Å². The topological polar surface area (TPSA) is 86.7 Å². The second-order valence-corrected chi connectivity index (χ2v) is 9.21. The fraction of sp³-hybridized carbons (Fsp3) is 0.150. The number of benzene rings is 2. The van der Waals surface area contributed by atoms with Crippen LogP contribution in [0, 0.1) is 6.92 Å². The number of sulfonamides is 1. The molecule has 1 aromatic heterocycles. The van der Waals surface area contributed by atoms with Gasteiger partial charge in [0.2, 0.25) is 0 Å². The van der Waals surface area contributed by atoms with Crippen molar-refractivity contribution in [3.05, 3.63) is 76.7 Å². The molecule has 0 aliphatic heterocycles. The zero-order valence-corrected chi connectivity index (χ0v) is 17.0. The van der Waals surface area contributed by atoms with Crippen molar-refractivity contribution < 1.29 is 18.3 Å².